The van der Waals surface area contributed by atoms with Gasteiger partial charge in [-0.05, 0) is 74.2 Å². The van der Waals surface area contributed by atoms with E-state index in [4.69, 9.17) is 4.98 Å². The van der Waals surface area contributed by atoms with Crippen molar-refractivity contribution in [3.05, 3.63) is 94.9 Å². The smallest absolute Gasteiger partial charge is 0.140 e. The van der Waals surface area contributed by atoms with Gasteiger partial charge in [0.15, 0.2) is 0 Å². The standard InChI is InChI=1S/C33H40FN3O/c1-5-7-18-36(22-26-20-24(3)32(38)25(4)21-26)23-30-31(27-14-16-29(34)17-15-27)35-33(37(30)19-8-6-2)28-12-10-9-11-13-28/h9-17,20-21,38H,5-8,18-19,22-23H2,1-4H3. The Hall–Kier alpha value is -3.44. The Balaban J connectivity index is 1.81. The van der Waals surface area contributed by atoms with Gasteiger partial charge in [-0.15, -0.1) is 0 Å². The molecular formula is C33H40FN3O. The fraction of sp³-hybridized carbons (Fsp3) is 0.364. The number of unbranched alkanes of at least 4 members (excludes halogenated alkanes) is 2. The fourth-order valence-corrected chi connectivity index (χ4v) is 5.05. The van der Waals surface area contributed by atoms with E-state index in [1.54, 1.807) is 0 Å². The minimum atomic E-state index is -0.244. The molecule has 0 saturated carbocycles. The SMILES string of the molecule is CCCCN(Cc1cc(C)c(O)c(C)c1)Cc1c(-c2ccc(F)cc2)nc(-c2ccccc2)n1CCCC. The van der Waals surface area contributed by atoms with E-state index < -0.39 is 0 Å². The predicted octanol–water partition coefficient (Wildman–Crippen LogP) is 8.28. The molecule has 0 saturated heterocycles. The second-order valence-corrected chi connectivity index (χ2v) is 10.3. The average molecular weight is 514 g/mol. The molecule has 1 heterocycles. The number of aromatic hydroxyl groups is 1. The first-order valence-electron chi connectivity index (χ1n) is 13.8. The number of hydrogen-bond donors (Lipinski definition) is 1. The molecule has 4 nitrogen and oxygen atoms in total. The van der Waals surface area contributed by atoms with Crippen LogP contribution in [-0.2, 0) is 19.6 Å². The van der Waals surface area contributed by atoms with Crippen LogP contribution in [0.1, 0.15) is 61.9 Å². The molecule has 0 aliphatic heterocycles. The van der Waals surface area contributed by atoms with Gasteiger partial charge in [0.1, 0.15) is 17.4 Å². The lowest BCUT2D eigenvalue weighted by atomic mass is 10.0. The number of nitrogens with zero attached hydrogens (tertiary/aromatic N) is 3. The van der Waals surface area contributed by atoms with Gasteiger partial charge in [0.2, 0.25) is 0 Å². The number of aryl methyl sites for hydroxylation is 2. The van der Waals surface area contributed by atoms with Gasteiger partial charge >= 0.3 is 0 Å². The summed E-state index contributed by atoms with van der Waals surface area (Å²) in [7, 11) is 0. The highest BCUT2D eigenvalue weighted by molar-refractivity contribution is 5.68. The van der Waals surface area contributed by atoms with E-state index in [1.165, 1.54) is 17.7 Å². The van der Waals surface area contributed by atoms with E-state index in [2.05, 4.69) is 59.7 Å². The summed E-state index contributed by atoms with van der Waals surface area (Å²) in [5, 5.41) is 10.3. The van der Waals surface area contributed by atoms with Crippen molar-refractivity contribution in [3.63, 3.8) is 0 Å². The van der Waals surface area contributed by atoms with Crippen molar-refractivity contribution in [1.29, 1.82) is 0 Å². The molecule has 5 heteroatoms. The average Bonchev–Trinajstić information content (AvgIpc) is 3.27. The molecule has 4 rings (SSSR count). The molecule has 200 valence electrons. The molecule has 4 aromatic rings. The molecule has 0 atom stereocenters. The van der Waals surface area contributed by atoms with Gasteiger partial charge in [-0.25, -0.2) is 9.37 Å². The molecule has 3 aromatic carbocycles. The summed E-state index contributed by atoms with van der Waals surface area (Å²) < 4.78 is 16.2. The number of aromatic nitrogens is 2. The zero-order valence-corrected chi connectivity index (χ0v) is 23.2. The normalized spacial score (nSPS) is 11.4. The van der Waals surface area contributed by atoms with Gasteiger partial charge in [0.05, 0.1) is 11.4 Å². The maximum atomic E-state index is 13.9. The van der Waals surface area contributed by atoms with Crippen molar-refractivity contribution in [2.45, 2.75) is 73.0 Å². The number of hydrogen-bond acceptors (Lipinski definition) is 3. The third kappa shape index (κ3) is 6.51. The lowest BCUT2D eigenvalue weighted by Gasteiger charge is -2.25. The number of phenols is 1. The van der Waals surface area contributed by atoms with Crippen LogP contribution in [0.15, 0.2) is 66.7 Å². The first-order valence-corrected chi connectivity index (χ1v) is 13.8. The van der Waals surface area contributed by atoms with Crippen LogP contribution in [0.5, 0.6) is 5.75 Å². The fourth-order valence-electron chi connectivity index (χ4n) is 5.05. The molecule has 1 aromatic heterocycles. The summed E-state index contributed by atoms with van der Waals surface area (Å²) in [4.78, 5) is 7.68. The number of halogens is 1. The van der Waals surface area contributed by atoms with E-state index in [1.807, 2.05) is 32.0 Å². The Morgan fingerprint density at radius 3 is 2.13 bits per heavy atom. The molecule has 0 spiro atoms. The Morgan fingerprint density at radius 2 is 1.50 bits per heavy atom. The molecule has 0 radical (unpaired) electrons. The molecule has 0 amide bonds. The monoisotopic (exact) mass is 513 g/mol. The van der Waals surface area contributed by atoms with Crippen LogP contribution in [0.4, 0.5) is 4.39 Å². The Morgan fingerprint density at radius 1 is 0.842 bits per heavy atom. The van der Waals surface area contributed by atoms with Gasteiger partial charge in [-0.1, -0.05) is 69.2 Å². The highest BCUT2D eigenvalue weighted by Crippen LogP contribution is 2.32. The van der Waals surface area contributed by atoms with Crippen LogP contribution < -0.4 is 0 Å². The topological polar surface area (TPSA) is 41.3 Å². The number of benzene rings is 3. The Bertz CT molecular complexity index is 1310. The molecule has 0 bridgehead atoms. The largest absolute Gasteiger partial charge is 0.507 e. The Labute approximate surface area is 226 Å². The lowest BCUT2D eigenvalue weighted by molar-refractivity contribution is 0.246. The van der Waals surface area contributed by atoms with E-state index in [0.29, 0.717) is 5.75 Å². The van der Waals surface area contributed by atoms with Gasteiger partial charge in [-0.3, -0.25) is 4.90 Å². The summed E-state index contributed by atoms with van der Waals surface area (Å²) >= 11 is 0. The summed E-state index contributed by atoms with van der Waals surface area (Å²) in [5.74, 6) is 1.09. The van der Waals surface area contributed by atoms with Gasteiger partial charge in [0.25, 0.3) is 0 Å². The van der Waals surface area contributed by atoms with Crippen LogP contribution in [0.2, 0.25) is 0 Å². The molecule has 0 unspecified atom stereocenters. The minimum Gasteiger partial charge on any atom is -0.507 e. The highest BCUT2D eigenvalue weighted by Gasteiger charge is 2.22. The third-order valence-corrected chi connectivity index (χ3v) is 7.12. The van der Waals surface area contributed by atoms with E-state index in [-0.39, 0.29) is 5.82 Å². The second-order valence-electron chi connectivity index (χ2n) is 10.3. The zero-order valence-electron chi connectivity index (χ0n) is 23.2. The maximum Gasteiger partial charge on any atom is 0.140 e. The van der Waals surface area contributed by atoms with Crippen LogP contribution >= 0.6 is 0 Å². The number of phenolic OH excluding ortho intramolecular Hbond substituents is 1. The first-order chi connectivity index (χ1) is 18.4. The molecule has 0 fully saturated rings. The van der Waals surface area contributed by atoms with Crippen molar-refractivity contribution in [2.24, 2.45) is 0 Å². The van der Waals surface area contributed by atoms with Crippen LogP contribution in [-0.4, -0.2) is 26.1 Å². The molecule has 1 N–H and O–H groups in total. The van der Waals surface area contributed by atoms with Crippen LogP contribution in [0, 0.1) is 19.7 Å². The summed E-state index contributed by atoms with van der Waals surface area (Å²) in [6.07, 6.45) is 4.34. The third-order valence-electron chi connectivity index (χ3n) is 7.12. The summed E-state index contributed by atoms with van der Waals surface area (Å²) in [6, 6.07) is 21.2. The molecule has 38 heavy (non-hydrogen) atoms. The van der Waals surface area contributed by atoms with E-state index in [0.717, 1.165) is 91.3 Å². The van der Waals surface area contributed by atoms with Gasteiger partial charge in [-0.2, -0.15) is 0 Å². The Kier molecular flexibility index (Phi) is 9.35. The molecule has 0 aliphatic carbocycles. The van der Waals surface area contributed by atoms with Crippen molar-refractivity contribution >= 4 is 0 Å². The quantitative estimate of drug-likeness (QED) is 0.207. The summed E-state index contributed by atoms with van der Waals surface area (Å²) in [5.41, 5.74) is 7.10. The van der Waals surface area contributed by atoms with Gasteiger partial charge < -0.3 is 9.67 Å². The second kappa shape index (κ2) is 12.9. The van der Waals surface area contributed by atoms with Crippen molar-refractivity contribution in [2.75, 3.05) is 6.54 Å². The van der Waals surface area contributed by atoms with Crippen LogP contribution in [0.3, 0.4) is 0 Å². The number of rotatable bonds is 12. The van der Waals surface area contributed by atoms with Crippen molar-refractivity contribution in [1.82, 2.24) is 14.5 Å². The van der Waals surface area contributed by atoms with E-state index >= 15 is 0 Å². The first kappa shape index (κ1) is 27.6. The summed E-state index contributed by atoms with van der Waals surface area (Å²) in [6.45, 7) is 11.7. The highest BCUT2D eigenvalue weighted by atomic mass is 19.1. The number of imidazole rings is 1. The lowest BCUT2D eigenvalue weighted by Crippen LogP contribution is -2.26. The van der Waals surface area contributed by atoms with Crippen molar-refractivity contribution in [3.8, 4) is 28.4 Å². The predicted molar refractivity (Wildman–Crippen MR) is 155 cm³/mol. The maximum absolute atomic E-state index is 13.9. The van der Waals surface area contributed by atoms with E-state index in [9.17, 15) is 9.50 Å². The van der Waals surface area contributed by atoms with Crippen LogP contribution in [0.25, 0.3) is 22.6 Å². The van der Waals surface area contributed by atoms with Crippen molar-refractivity contribution < 1.29 is 9.50 Å². The van der Waals surface area contributed by atoms with Gasteiger partial charge in [0, 0.05) is 30.8 Å². The molecular weight excluding hydrogens is 473 g/mol. The zero-order chi connectivity index (χ0) is 27.1. The minimum absolute atomic E-state index is 0.244. The molecule has 0 aliphatic rings.